The number of hydrogen-bond donors (Lipinski definition) is 0. The van der Waals surface area contributed by atoms with Crippen molar-refractivity contribution in [1.82, 2.24) is 4.31 Å². The summed E-state index contributed by atoms with van der Waals surface area (Å²) in [5, 5.41) is 0.684. The van der Waals surface area contributed by atoms with E-state index in [4.69, 9.17) is 11.6 Å². The average molecular weight is 434 g/mol. The van der Waals surface area contributed by atoms with Crippen LogP contribution < -0.4 is 9.80 Å². The second kappa shape index (κ2) is 7.63. The number of nitrogens with zero attached hydrogens (tertiary/aromatic N) is 3. The first kappa shape index (κ1) is 20.2. The summed E-state index contributed by atoms with van der Waals surface area (Å²) in [5.41, 5.74) is 2.77. The summed E-state index contributed by atoms with van der Waals surface area (Å²) >= 11 is 5.95. The number of fused-ring (bicyclic) bond motifs is 1. The van der Waals surface area contributed by atoms with E-state index in [0.717, 1.165) is 16.9 Å². The minimum Gasteiger partial charge on any atom is -0.369 e. The van der Waals surface area contributed by atoms with E-state index in [1.54, 1.807) is 27.4 Å². The molecule has 4 rings (SSSR count). The lowest BCUT2D eigenvalue weighted by Gasteiger charge is -2.35. The highest BCUT2D eigenvalue weighted by Gasteiger charge is 2.33. The number of piperazine rings is 1. The van der Waals surface area contributed by atoms with Gasteiger partial charge in [0.15, 0.2) is 0 Å². The van der Waals surface area contributed by atoms with Gasteiger partial charge in [-0.25, -0.2) is 8.42 Å². The van der Waals surface area contributed by atoms with Crippen LogP contribution in [0.1, 0.15) is 19.4 Å². The lowest BCUT2D eigenvalue weighted by Crippen LogP contribution is -2.48. The number of sulfonamides is 1. The van der Waals surface area contributed by atoms with Gasteiger partial charge in [0.2, 0.25) is 15.9 Å². The maximum Gasteiger partial charge on any atom is 0.243 e. The van der Waals surface area contributed by atoms with Crippen LogP contribution in [0.25, 0.3) is 0 Å². The van der Waals surface area contributed by atoms with Crippen molar-refractivity contribution in [3.8, 4) is 0 Å². The van der Waals surface area contributed by atoms with E-state index < -0.39 is 10.0 Å². The summed E-state index contributed by atoms with van der Waals surface area (Å²) in [6.45, 7) is 5.62. The minimum absolute atomic E-state index is 0.0230. The Morgan fingerprint density at radius 2 is 1.69 bits per heavy atom. The minimum atomic E-state index is -3.57. The fraction of sp³-hybridized carbons (Fsp3) is 0.381. The molecule has 0 aliphatic carbocycles. The molecule has 2 heterocycles. The normalized spacial score (nSPS) is 20.0. The summed E-state index contributed by atoms with van der Waals surface area (Å²) in [4.78, 5) is 16.1. The van der Waals surface area contributed by atoms with Crippen LogP contribution in [0.3, 0.4) is 0 Å². The van der Waals surface area contributed by atoms with Crippen LogP contribution in [-0.4, -0.2) is 50.9 Å². The van der Waals surface area contributed by atoms with Gasteiger partial charge in [0, 0.05) is 55.5 Å². The second-order valence-electron chi connectivity index (χ2n) is 7.60. The molecule has 1 fully saturated rings. The first-order valence-electron chi connectivity index (χ1n) is 9.71. The highest BCUT2D eigenvalue weighted by atomic mass is 35.5. The lowest BCUT2D eigenvalue weighted by molar-refractivity contribution is -0.116. The molecule has 0 saturated carbocycles. The zero-order chi connectivity index (χ0) is 20.8. The number of amides is 1. The standard InChI is InChI=1S/C21H24ClN3O3S/c1-15-13-17-14-20(7-8-21(17)25(15)16(2)26)29(27,28)24-11-9-23(10-12-24)19-5-3-18(22)4-6-19/h3-8,14-15H,9-13H2,1-2H3/t15-/m1/s1. The number of carbonyl (C=O) groups is 1. The summed E-state index contributed by atoms with van der Waals surface area (Å²) < 4.78 is 27.9. The number of halogens is 1. The number of carbonyl (C=O) groups excluding carboxylic acids is 1. The molecule has 29 heavy (non-hydrogen) atoms. The molecule has 154 valence electrons. The van der Waals surface area contributed by atoms with Gasteiger partial charge in [-0.15, -0.1) is 0 Å². The lowest BCUT2D eigenvalue weighted by atomic mass is 10.1. The van der Waals surface area contributed by atoms with Gasteiger partial charge in [0.05, 0.1) is 4.90 Å². The molecule has 6 nitrogen and oxygen atoms in total. The molecule has 8 heteroatoms. The van der Waals surface area contributed by atoms with Gasteiger partial charge >= 0.3 is 0 Å². The predicted octanol–water partition coefficient (Wildman–Crippen LogP) is 3.15. The molecule has 1 amide bonds. The Kier molecular flexibility index (Phi) is 5.31. The van der Waals surface area contributed by atoms with E-state index in [9.17, 15) is 13.2 Å². The van der Waals surface area contributed by atoms with Gasteiger partial charge in [-0.3, -0.25) is 4.79 Å². The van der Waals surface area contributed by atoms with Gasteiger partial charge in [-0.05, 0) is 61.4 Å². The Balaban J connectivity index is 1.51. The van der Waals surface area contributed by atoms with Crippen molar-refractivity contribution in [1.29, 1.82) is 0 Å². The molecule has 0 radical (unpaired) electrons. The maximum absolute atomic E-state index is 13.2. The summed E-state index contributed by atoms with van der Waals surface area (Å²) in [6, 6.07) is 12.7. The monoisotopic (exact) mass is 433 g/mol. The molecule has 0 bridgehead atoms. The highest BCUT2D eigenvalue weighted by molar-refractivity contribution is 7.89. The van der Waals surface area contributed by atoms with Crippen LogP contribution in [0.2, 0.25) is 5.02 Å². The van der Waals surface area contributed by atoms with Crippen LogP contribution in [0.15, 0.2) is 47.4 Å². The molecule has 0 aromatic heterocycles. The van der Waals surface area contributed by atoms with Crippen molar-refractivity contribution in [2.45, 2.75) is 31.2 Å². The van der Waals surface area contributed by atoms with Crippen molar-refractivity contribution in [3.05, 3.63) is 53.1 Å². The number of hydrogen-bond acceptors (Lipinski definition) is 4. The van der Waals surface area contributed by atoms with Crippen molar-refractivity contribution in [2.75, 3.05) is 36.0 Å². The molecular weight excluding hydrogens is 410 g/mol. The van der Waals surface area contributed by atoms with E-state index in [-0.39, 0.29) is 11.9 Å². The van der Waals surface area contributed by atoms with Crippen molar-refractivity contribution in [3.63, 3.8) is 0 Å². The SMILES string of the molecule is CC(=O)N1c2ccc(S(=O)(=O)N3CCN(c4ccc(Cl)cc4)CC3)cc2C[C@H]1C. The zero-order valence-corrected chi connectivity index (χ0v) is 18.1. The van der Waals surface area contributed by atoms with Gasteiger partial charge in [-0.1, -0.05) is 11.6 Å². The Bertz CT molecular complexity index is 1030. The van der Waals surface area contributed by atoms with E-state index in [2.05, 4.69) is 4.90 Å². The van der Waals surface area contributed by atoms with Crippen LogP contribution >= 0.6 is 11.6 Å². The molecule has 1 atom stereocenters. The van der Waals surface area contributed by atoms with Crippen molar-refractivity contribution in [2.24, 2.45) is 0 Å². The fourth-order valence-electron chi connectivity index (χ4n) is 4.24. The Morgan fingerprint density at radius 1 is 1.03 bits per heavy atom. The Morgan fingerprint density at radius 3 is 2.31 bits per heavy atom. The predicted molar refractivity (Wildman–Crippen MR) is 115 cm³/mol. The summed E-state index contributed by atoms with van der Waals surface area (Å²) in [5.74, 6) is -0.0230. The van der Waals surface area contributed by atoms with Crippen molar-refractivity contribution >= 4 is 38.9 Å². The van der Waals surface area contributed by atoms with Crippen molar-refractivity contribution < 1.29 is 13.2 Å². The molecule has 0 spiro atoms. The van der Waals surface area contributed by atoms with Crippen LogP contribution in [-0.2, 0) is 21.2 Å². The number of benzene rings is 2. The van der Waals surface area contributed by atoms with Crippen LogP contribution in [0.4, 0.5) is 11.4 Å². The average Bonchev–Trinajstić information content (AvgIpc) is 3.03. The quantitative estimate of drug-likeness (QED) is 0.746. The van der Waals surface area contributed by atoms with Gasteiger partial charge in [-0.2, -0.15) is 4.31 Å². The topological polar surface area (TPSA) is 60.9 Å². The first-order valence-corrected chi connectivity index (χ1v) is 11.5. The van der Waals surface area contributed by atoms with E-state index in [0.29, 0.717) is 42.5 Å². The van der Waals surface area contributed by atoms with Crippen LogP contribution in [0, 0.1) is 0 Å². The van der Waals surface area contributed by atoms with E-state index >= 15 is 0 Å². The summed E-state index contributed by atoms with van der Waals surface area (Å²) in [6.07, 6.45) is 0.669. The summed E-state index contributed by atoms with van der Waals surface area (Å²) in [7, 11) is -3.57. The molecule has 2 aromatic rings. The molecular formula is C21H24ClN3O3S. The third kappa shape index (κ3) is 3.74. The van der Waals surface area contributed by atoms with E-state index in [1.165, 1.54) is 6.92 Å². The fourth-order valence-corrected chi connectivity index (χ4v) is 5.83. The van der Waals surface area contributed by atoms with Gasteiger partial charge in [0.25, 0.3) is 0 Å². The third-order valence-corrected chi connectivity index (χ3v) is 7.82. The second-order valence-corrected chi connectivity index (χ2v) is 9.97. The third-order valence-electron chi connectivity index (χ3n) is 5.67. The molecule has 0 N–H and O–H groups in total. The smallest absolute Gasteiger partial charge is 0.243 e. The number of rotatable bonds is 3. The molecule has 1 saturated heterocycles. The van der Waals surface area contributed by atoms with Gasteiger partial charge in [0.1, 0.15) is 0 Å². The highest BCUT2D eigenvalue weighted by Crippen LogP contribution is 2.34. The molecule has 0 unspecified atom stereocenters. The van der Waals surface area contributed by atoms with Crippen LogP contribution in [0.5, 0.6) is 0 Å². The Hall–Kier alpha value is -2.09. The maximum atomic E-state index is 13.2. The molecule has 2 aliphatic heterocycles. The van der Waals surface area contributed by atoms with E-state index in [1.807, 2.05) is 31.2 Å². The van der Waals surface area contributed by atoms with Gasteiger partial charge < -0.3 is 9.80 Å². The molecule has 2 aromatic carbocycles. The zero-order valence-electron chi connectivity index (χ0n) is 16.5. The Labute approximate surface area is 176 Å². The number of anilines is 2. The first-order chi connectivity index (χ1) is 13.8. The molecule has 2 aliphatic rings. The largest absolute Gasteiger partial charge is 0.369 e.